The molecule has 1 aromatic carbocycles. The molecule has 1 aliphatic rings. The van der Waals surface area contributed by atoms with E-state index in [-0.39, 0.29) is 18.2 Å². The van der Waals surface area contributed by atoms with Crippen LogP contribution in [0, 0.1) is 13.8 Å². The van der Waals surface area contributed by atoms with E-state index in [4.69, 9.17) is 9.47 Å². The molecule has 29 heavy (non-hydrogen) atoms. The third-order valence-electron chi connectivity index (χ3n) is 4.90. The normalized spacial score (nSPS) is 16.0. The summed E-state index contributed by atoms with van der Waals surface area (Å²) in [5.74, 6) is -1.49. The number of hydrogen-bond acceptors (Lipinski definition) is 6. The number of rotatable bonds is 4. The number of fused-ring (bicyclic) bond motifs is 1. The summed E-state index contributed by atoms with van der Waals surface area (Å²) in [5, 5.41) is 0.387. The van der Waals surface area contributed by atoms with Crippen molar-refractivity contribution in [2.24, 2.45) is 0 Å². The van der Waals surface area contributed by atoms with Crippen LogP contribution in [0.4, 0.5) is 5.69 Å². The van der Waals surface area contributed by atoms with Gasteiger partial charge in [0, 0.05) is 22.4 Å². The van der Waals surface area contributed by atoms with Crippen molar-refractivity contribution in [2.45, 2.75) is 37.3 Å². The van der Waals surface area contributed by atoms with E-state index in [1.165, 1.54) is 7.11 Å². The molecule has 2 heterocycles. The number of aromatic amines is 1. The van der Waals surface area contributed by atoms with Gasteiger partial charge in [-0.2, -0.15) is 0 Å². The van der Waals surface area contributed by atoms with Crippen molar-refractivity contribution in [1.29, 1.82) is 0 Å². The van der Waals surface area contributed by atoms with Gasteiger partial charge in [-0.1, -0.05) is 19.1 Å². The highest BCUT2D eigenvalue weighted by Gasteiger charge is 2.27. The van der Waals surface area contributed by atoms with Crippen LogP contribution in [-0.2, 0) is 14.3 Å². The Morgan fingerprint density at radius 2 is 1.93 bits per heavy atom. The smallest absolute Gasteiger partial charge is 0.355 e. The number of anilines is 1. The Labute approximate surface area is 173 Å². The summed E-state index contributed by atoms with van der Waals surface area (Å²) in [6.45, 7) is 5.63. The number of ether oxygens (including phenoxy) is 2. The Morgan fingerprint density at radius 1 is 1.21 bits per heavy atom. The van der Waals surface area contributed by atoms with Crippen molar-refractivity contribution < 1.29 is 23.9 Å². The molecule has 0 bridgehead atoms. The minimum Gasteiger partial charge on any atom is -0.465 e. The lowest BCUT2D eigenvalue weighted by Gasteiger charge is -2.22. The largest absolute Gasteiger partial charge is 0.465 e. The fourth-order valence-corrected chi connectivity index (χ4v) is 4.50. The molecule has 0 spiro atoms. The first-order valence-corrected chi connectivity index (χ1v) is 10.2. The number of para-hydroxylation sites is 1. The second-order valence-electron chi connectivity index (χ2n) is 6.92. The standard InChI is InChI=1S/C21H24N2O5S/c1-12-9-10-23(15-7-5-6-8-16(15)29-12)17(24)11-28-21(26)19-13(2)18(14(3)22-19)20(25)27-4/h5-8,12,22H,9-11H2,1-4H3/t12-/m0/s1. The van der Waals surface area contributed by atoms with Crippen molar-refractivity contribution in [2.75, 3.05) is 25.2 Å². The van der Waals surface area contributed by atoms with Crippen molar-refractivity contribution >= 4 is 35.3 Å². The Hall–Kier alpha value is -2.74. The van der Waals surface area contributed by atoms with Gasteiger partial charge in [0.1, 0.15) is 5.69 Å². The molecular formula is C21H24N2O5S. The highest BCUT2D eigenvalue weighted by atomic mass is 32.2. The number of nitrogens with zero attached hydrogens (tertiary/aromatic N) is 1. The molecule has 1 aromatic heterocycles. The zero-order chi connectivity index (χ0) is 21.1. The summed E-state index contributed by atoms with van der Waals surface area (Å²) in [6.07, 6.45) is 0.844. The van der Waals surface area contributed by atoms with Gasteiger partial charge in [0.15, 0.2) is 6.61 Å². The molecule has 0 aliphatic carbocycles. The van der Waals surface area contributed by atoms with E-state index in [1.807, 2.05) is 24.3 Å². The first-order chi connectivity index (χ1) is 13.8. The maximum atomic E-state index is 12.8. The summed E-state index contributed by atoms with van der Waals surface area (Å²) in [6, 6.07) is 7.73. The van der Waals surface area contributed by atoms with Gasteiger partial charge in [-0.25, -0.2) is 9.59 Å². The van der Waals surface area contributed by atoms with E-state index in [1.54, 1.807) is 30.5 Å². The SMILES string of the molecule is COC(=O)c1c(C)[nH]c(C(=O)OCC(=O)N2CC[C@H](C)Sc3ccccc32)c1C. The zero-order valence-corrected chi connectivity index (χ0v) is 17.7. The van der Waals surface area contributed by atoms with E-state index in [0.29, 0.717) is 28.6 Å². The number of carbonyl (C=O) groups is 3. The number of amides is 1. The monoisotopic (exact) mass is 416 g/mol. The van der Waals surface area contributed by atoms with Crippen LogP contribution < -0.4 is 4.90 Å². The van der Waals surface area contributed by atoms with Crippen LogP contribution in [0.5, 0.6) is 0 Å². The zero-order valence-electron chi connectivity index (χ0n) is 16.9. The average molecular weight is 416 g/mol. The number of hydrogen-bond donors (Lipinski definition) is 1. The fraction of sp³-hybridized carbons (Fsp3) is 0.381. The van der Waals surface area contributed by atoms with Crippen LogP contribution in [0.25, 0.3) is 0 Å². The summed E-state index contributed by atoms with van der Waals surface area (Å²) < 4.78 is 10.0. The Balaban J connectivity index is 1.73. The van der Waals surface area contributed by atoms with Gasteiger partial charge < -0.3 is 19.4 Å². The van der Waals surface area contributed by atoms with Gasteiger partial charge in [0.25, 0.3) is 5.91 Å². The molecule has 3 rings (SSSR count). The predicted molar refractivity (Wildman–Crippen MR) is 111 cm³/mol. The van der Waals surface area contributed by atoms with Crippen LogP contribution in [0.2, 0.25) is 0 Å². The van der Waals surface area contributed by atoms with Gasteiger partial charge in [-0.15, -0.1) is 11.8 Å². The van der Waals surface area contributed by atoms with E-state index >= 15 is 0 Å². The predicted octanol–water partition coefficient (Wildman–Crippen LogP) is 3.49. The molecule has 2 aromatic rings. The van der Waals surface area contributed by atoms with Crippen LogP contribution >= 0.6 is 11.8 Å². The quantitative estimate of drug-likeness (QED) is 0.768. The molecule has 0 fully saturated rings. The highest BCUT2D eigenvalue weighted by Crippen LogP contribution is 2.37. The van der Waals surface area contributed by atoms with Gasteiger partial charge in [0.2, 0.25) is 0 Å². The number of H-pyrrole nitrogens is 1. The van der Waals surface area contributed by atoms with Gasteiger partial charge in [0.05, 0.1) is 18.4 Å². The third-order valence-corrected chi connectivity index (χ3v) is 6.14. The minimum atomic E-state index is -0.681. The van der Waals surface area contributed by atoms with Crippen LogP contribution in [0.1, 0.15) is 45.4 Å². The molecule has 0 unspecified atom stereocenters. The number of esters is 2. The number of benzene rings is 1. The average Bonchev–Trinajstić information content (AvgIpc) is 2.89. The molecule has 154 valence electrons. The lowest BCUT2D eigenvalue weighted by molar-refractivity contribution is -0.121. The van der Waals surface area contributed by atoms with Gasteiger partial charge in [-0.05, 0) is 38.0 Å². The lowest BCUT2D eigenvalue weighted by Crippen LogP contribution is -2.35. The molecule has 1 N–H and O–H groups in total. The number of nitrogens with one attached hydrogen (secondary N) is 1. The first-order valence-electron chi connectivity index (χ1n) is 9.34. The molecule has 1 amide bonds. The van der Waals surface area contributed by atoms with Crippen molar-refractivity contribution in [3.8, 4) is 0 Å². The molecule has 1 atom stereocenters. The van der Waals surface area contributed by atoms with Gasteiger partial charge >= 0.3 is 11.9 Å². The second kappa shape index (κ2) is 8.73. The van der Waals surface area contributed by atoms with Gasteiger partial charge in [-0.3, -0.25) is 4.79 Å². The summed E-state index contributed by atoms with van der Waals surface area (Å²) in [4.78, 5) is 42.8. The van der Waals surface area contributed by atoms with E-state index < -0.39 is 11.9 Å². The number of thioether (sulfide) groups is 1. The molecule has 0 saturated carbocycles. The lowest BCUT2D eigenvalue weighted by atomic mass is 10.1. The Bertz CT molecular complexity index is 953. The molecule has 0 saturated heterocycles. The Kier molecular flexibility index (Phi) is 6.32. The van der Waals surface area contributed by atoms with Crippen molar-refractivity contribution in [1.82, 2.24) is 4.98 Å². The van der Waals surface area contributed by atoms with E-state index in [2.05, 4.69) is 11.9 Å². The molecule has 0 radical (unpaired) electrons. The Morgan fingerprint density at radius 3 is 2.66 bits per heavy atom. The topological polar surface area (TPSA) is 88.7 Å². The number of aromatic nitrogens is 1. The van der Waals surface area contributed by atoms with Crippen LogP contribution in [0.3, 0.4) is 0 Å². The summed E-state index contributed by atoms with van der Waals surface area (Å²) >= 11 is 1.74. The van der Waals surface area contributed by atoms with E-state index in [9.17, 15) is 14.4 Å². The molecular weight excluding hydrogens is 392 g/mol. The third kappa shape index (κ3) is 4.32. The van der Waals surface area contributed by atoms with Crippen molar-refractivity contribution in [3.63, 3.8) is 0 Å². The summed E-state index contributed by atoms with van der Waals surface area (Å²) in [7, 11) is 1.28. The summed E-state index contributed by atoms with van der Waals surface area (Å²) in [5.41, 5.74) is 2.24. The molecule has 1 aliphatic heterocycles. The second-order valence-corrected chi connectivity index (χ2v) is 8.40. The van der Waals surface area contributed by atoms with Crippen LogP contribution in [-0.4, -0.2) is 48.3 Å². The highest BCUT2D eigenvalue weighted by molar-refractivity contribution is 8.00. The first kappa shape index (κ1) is 21.0. The number of aryl methyl sites for hydroxylation is 1. The maximum Gasteiger partial charge on any atom is 0.355 e. The number of methoxy groups -OCH3 is 1. The van der Waals surface area contributed by atoms with E-state index in [0.717, 1.165) is 17.0 Å². The maximum absolute atomic E-state index is 12.8. The molecule has 8 heteroatoms. The molecule has 7 nitrogen and oxygen atoms in total. The minimum absolute atomic E-state index is 0.149. The number of carbonyl (C=O) groups excluding carboxylic acids is 3. The van der Waals surface area contributed by atoms with Crippen LogP contribution in [0.15, 0.2) is 29.2 Å². The van der Waals surface area contributed by atoms with Crippen molar-refractivity contribution in [3.05, 3.63) is 46.8 Å². The fourth-order valence-electron chi connectivity index (χ4n) is 3.39.